The first-order chi connectivity index (χ1) is 8.08. The molecule has 0 atom stereocenters. The number of hydrogen-bond acceptors (Lipinski definition) is 3. The second kappa shape index (κ2) is 4.63. The molecule has 0 spiro atoms. The maximum atomic E-state index is 7.54. The van der Waals surface area contributed by atoms with E-state index in [4.69, 9.17) is 11.1 Å². The number of nitrogens with zero attached hydrogens (tertiary/aromatic N) is 2. The fraction of sp³-hybridized carbons (Fsp3) is 0.167. The number of amidine groups is 1. The number of rotatable bonds is 3. The molecule has 4 nitrogen and oxygen atoms in total. The summed E-state index contributed by atoms with van der Waals surface area (Å²) in [5.41, 5.74) is 7.30. The molecule has 1 heterocycles. The predicted molar refractivity (Wildman–Crippen MR) is 69.5 cm³/mol. The number of hydrogen-bond donors (Lipinski definition) is 2. The number of benzene rings is 1. The van der Waals surface area contributed by atoms with Crippen LogP contribution in [0.15, 0.2) is 40.3 Å². The van der Waals surface area contributed by atoms with E-state index in [1.54, 1.807) is 11.8 Å². The van der Waals surface area contributed by atoms with Crippen molar-refractivity contribution in [3.8, 4) is 0 Å². The molecular weight excluding hydrogens is 232 g/mol. The van der Waals surface area contributed by atoms with Crippen LogP contribution in [0.1, 0.15) is 11.3 Å². The summed E-state index contributed by atoms with van der Waals surface area (Å²) in [5, 5.41) is 12.9. The van der Waals surface area contributed by atoms with Gasteiger partial charge in [-0.05, 0) is 19.1 Å². The third kappa shape index (κ3) is 2.50. The molecule has 0 unspecified atom stereocenters. The summed E-state index contributed by atoms with van der Waals surface area (Å²) in [5.74, 6) is 0.0898. The van der Waals surface area contributed by atoms with Crippen LogP contribution in [-0.4, -0.2) is 15.6 Å². The van der Waals surface area contributed by atoms with E-state index >= 15 is 0 Å². The quantitative estimate of drug-likeness (QED) is 0.644. The van der Waals surface area contributed by atoms with Gasteiger partial charge >= 0.3 is 0 Å². The predicted octanol–water partition coefficient (Wildman–Crippen LogP) is 2.16. The molecule has 0 saturated carbocycles. The molecule has 1 aromatic carbocycles. The third-order valence-corrected chi connectivity index (χ3v) is 3.52. The second-order valence-electron chi connectivity index (χ2n) is 3.76. The highest BCUT2D eigenvalue weighted by molar-refractivity contribution is 7.99. The Kier molecular flexibility index (Phi) is 3.19. The summed E-state index contributed by atoms with van der Waals surface area (Å²) < 4.78 is 1.83. The lowest BCUT2D eigenvalue weighted by Gasteiger charge is -2.07. The lowest BCUT2D eigenvalue weighted by atomic mass is 10.2. The Hall–Kier alpha value is -1.75. The van der Waals surface area contributed by atoms with Crippen LogP contribution in [0.2, 0.25) is 0 Å². The van der Waals surface area contributed by atoms with E-state index in [1.807, 2.05) is 49.0 Å². The van der Waals surface area contributed by atoms with E-state index < -0.39 is 0 Å². The van der Waals surface area contributed by atoms with Gasteiger partial charge in [-0.15, -0.1) is 0 Å². The van der Waals surface area contributed by atoms with Crippen molar-refractivity contribution in [1.29, 1.82) is 5.41 Å². The first-order valence-corrected chi connectivity index (χ1v) is 6.01. The largest absolute Gasteiger partial charge is 0.384 e. The molecule has 0 amide bonds. The van der Waals surface area contributed by atoms with Gasteiger partial charge in [-0.25, -0.2) is 0 Å². The Bertz CT molecular complexity index is 559. The van der Waals surface area contributed by atoms with Crippen LogP contribution < -0.4 is 5.73 Å². The minimum absolute atomic E-state index is 0.0898. The van der Waals surface area contributed by atoms with Gasteiger partial charge in [-0.1, -0.05) is 30.0 Å². The fourth-order valence-corrected chi connectivity index (χ4v) is 2.64. The molecule has 0 aliphatic rings. The number of aromatic nitrogens is 2. The molecule has 0 fully saturated rings. The Labute approximate surface area is 104 Å². The number of aryl methyl sites for hydroxylation is 2. The Morgan fingerprint density at radius 3 is 2.71 bits per heavy atom. The van der Waals surface area contributed by atoms with E-state index in [0.717, 1.165) is 21.2 Å². The number of nitrogen functional groups attached to an aromatic ring is 1. The summed E-state index contributed by atoms with van der Waals surface area (Å²) in [7, 11) is 1.91. The minimum Gasteiger partial charge on any atom is -0.384 e. The SMILES string of the molecule is Cc1cc(Sc2ccccc2C(=N)N)n(C)n1. The van der Waals surface area contributed by atoms with Gasteiger partial charge < -0.3 is 5.73 Å². The van der Waals surface area contributed by atoms with E-state index in [1.165, 1.54) is 0 Å². The van der Waals surface area contributed by atoms with E-state index in [9.17, 15) is 0 Å². The summed E-state index contributed by atoms with van der Waals surface area (Å²) >= 11 is 1.57. The zero-order chi connectivity index (χ0) is 12.4. The van der Waals surface area contributed by atoms with Crippen molar-refractivity contribution < 1.29 is 0 Å². The average molecular weight is 246 g/mol. The maximum Gasteiger partial charge on any atom is 0.123 e. The molecule has 2 rings (SSSR count). The van der Waals surface area contributed by atoms with Crippen LogP contribution in [0.5, 0.6) is 0 Å². The minimum atomic E-state index is 0.0898. The van der Waals surface area contributed by atoms with Gasteiger partial charge in [0.15, 0.2) is 0 Å². The van der Waals surface area contributed by atoms with Crippen molar-refractivity contribution in [2.75, 3.05) is 0 Å². The van der Waals surface area contributed by atoms with E-state index in [0.29, 0.717) is 0 Å². The lowest BCUT2D eigenvalue weighted by Crippen LogP contribution is -2.12. The van der Waals surface area contributed by atoms with Gasteiger partial charge in [-0.2, -0.15) is 5.10 Å². The van der Waals surface area contributed by atoms with Crippen LogP contribution in [0.3, 0.4) is 0 Å². The summed E-state index contributed by atoms with van der Waals surface area (Å²) in [4.78, 5) is 0.975. The number of nitrogens with two attached hydrogens (primary N) is 1. The topological polar surface area (TPSA) is 67.7 Å². The van der Waals surface area contributed by atoms with Gasteiger partial charge in [0.2, 0.25) is 0 Å². The number of nitrogens with one attached hydrogen (secondary N) is 1. The van der Waals surface area contributed by atoms with Crippen molar-refractivity contribution in [2.45, 2.75) is 16.8 Å². The standard InChI is InChI=1S/C12H14N4S/c1-8-7-11(16(2)15-8)17-10-6-4-3-5-9(10)12(13)14/h3-7H,1-2H3,(H3,13,14). The van der Waals surface area contributed by atoms with Crippen LogP contribution in [0.4, 0.5) is 0 Å². The van der Waals surface area contributed by atoms with Gasteiger partial charge in [0.25, 0.3) is 0 Å². The van der Waals surface area contributed by atoms with Crippen LogP contribution in [-0.2, 0) is 7.05 Å². The van der Waals surface area contributed by atoms with Crippen molar-refractivity contribution in [3.63, 3.8) is 0 Å². The van der Waals surface area contributed by atoms with Gasteiger partial charge in [0.1, 0.15) is 5.84 Å². The lowest BCUT2D eigenvalue weighted by molar-refractivity contribution is 0.692. The van der Waals surface area contributed by atoms with Crippen LogP contribution in [0, 0.1) is 12.3 Å². The second-order valence-corrected chi connectivity index (χ2v) is 4.82. The van der Waals surface area contributed by atoms with Crippen molar-refractivity contribution in [3.05, 3.63) is 41.6 Å². The molecule has 88 valence electrons. The molecule has 0 saturated heterocycles. The summed E-state index contributed by atoms with van der Waals surface area (Å²) in [6.07, 6.45) is 0. The molecule has 1 aromatic heterocycles. The zero-order valence-electron chi connectivity index (χ0n) is 9.77. The van der Waals surface area contributed by atoms with Crippen molar-refractivity contribution in [2.24, 2.45) is 12.8 Å². The molecule has 0 bridgehead atoms. The highest BCUT2D eigenvalue weighted by Crippen LogP contribution is 2.30. The molecular formula is C12H14N4S. The first-order valence-electron chi connectivity index (χ1n) is 5.20. The van der Waals surface area contributed by atoms with Crippen LogP contribution in [0.25, 0.3) is 0 Å². The molecule has 5 heteroatoms. The third-order valence-electron chi connectivity index (χ3n) is 2.35. The van der Waals surface area contributed by atoms with Gasteiger partial charge in [-0.3, -0.25) is 10.1 Å². The highest BCUT2D eigenvalue weighted by Gasteiger charge is 2.09. The Morgan fingerprint density at radius 1 is 1.41 bits per heavy atom. The first kappa shape index (κ1) is 11.7. The smallest absolute Gasteiger partial charge is 0.123 e. The van der Waals surface area contributed by atoms with Gasteiger partial charge in [0, 0.05) is 17.5 Å². The Balaban J connectivity index is 2.36. The van der Waals surface area contributed by atoms with Crippen molar-refractivity contribution >= 4 is 17.6 Å². The molecule has 3 N–H and O–H groups in total. The van der Waals surface area contributed by atoms with Gasteiger partial charge in [0.05, 0.1) is 10.7 Å². The zero-order valence-corrected chi connectivity index (χ0v) is 10.6. The fourth-order valence-electron chi connectivity index (χ4n) is 1.57. The molecule has 0 aliphatic carbocycles. The van der Waals surface area contributed by atoms with E-state index in [-0.39, 0.29) is 5.84 Å². The average Bonchev–Trinajstić information content (AvgIpc) is 2.58. The summed E-state index contributed by atoms with van der Waals surface area (Å²) in [6, 6.07) is 9.66. The summed E-state index contributed by atoms with van der Waals surface area (Å²) in [6.45, 7) is 1.96. The molecule has 2 aromatic rings. The molecule has 0 radical (unpaired) electrons. The van der Waals surface area contributed by atoms with Crippen molar-refractivity contribution in [1.82, 2.24) is 9.78 Å². The monoisotopic (exact) mass is 246 g/mol. The molecule has 0 aliphatic heterocycles. The molecule has 17 heavy (non-hydrogen) atoms. The highest BCUT2D eigenvalue weighted by atomic mass is 32.2. The normalized spacial score (nSPS) is 10.5. The van der Waals surface area contributed by atoms with Crippen LogP contribution >= 0.6 is 11.8 Å². The Morgan fingerprint density at radius 2 is 2.12 bits per heavy atom. The van der Waals surface area contributed by atoms with E-state index in [2.05, 4.69) is 5.10 Å². The maximum absolute atomic E-state index is 7.54.